The second-order valence-electron chi connectivity index (χ2n) is 5.54. The molecule has 2 heterocycles. The minimum Gasteiger partial charge on any atom is -0.456 e. The number of hydrogen-bond acceptors (Lipinski definition) is 6. The molecule has 2 aromatic heterocycles. The number of aryl methyl sites for hydroxylation is 2. The summed E-state index contributed by atoms with van der Waals surface area (Å²) in [5.41, 5.74) is 7.61. The van der Waals surface area contributed by atoms with Gasteiger partial charge in [0.1, 0.15) is 16.2 Å². The summed E-state index contributed by atoms with van der Waals surface area (Å²) in [6.07, 6.45) is 0. The number of nitrogens with two attached hydrogens (primary N) is 1. The lowest BCUT2D eigenvalue weighted by Gasteiger charge is -2.19. The molecule has 0 bridgehead atoms. The third-order valence-corrected chi connectivity index (χ3v) is 4.49. The molecule has 0 spiro atoms. The van der Waals surface area contributed by atoms with Crippen LogP contribution in [-0.4, -0.2) is 16.6 Å². The van der Waals surface area contributed by atoms with E-state index in [9.17, 15) is 4.79 Å². The van der Waals surface area contributed by atoms with Crippen LogP contribution in [0.15, 0.2) is 5.38 Å². The standard InChI is InChI=1S/C14H18N2O2S2/c1-7-11(20-8(2)16-7)9-6-19-12(15)10(9)13(17)18-14(3,4)5/h6H,15H2,1-5H3. The first kappa shape index (κ1) is 15.0. The third kappa shape index (κ3) is 3.02. The topological polar surface area (TPSA) is 65.2 Å². The van der Waals surface area contributed by atoms with Crippen molar-refractivity contribution in [2.45, 2.75) is 40.2 Å². The van der Waals surface area contributed by atoms with Crippen molar-refractivity contribution in [1.82, 2.24) is 4.98 Å². The van der Waals surface area contributed by atoms with E-state index >= 15 is 0 Å². The summed E-state index contributed by atoms with van der Waals surface area (Å²) in [6.45, 7) is 9.41. The fourth-order valence-corrected chi connectivity index (χ4v) is 3.67. The molecule has 4 nitrogen and oxygen atoms in total. The van der Waals surface area contributed by atoms with E-state index in [0.717, 1.165) is 21.1 Å². The van der Waals surface area contributed by atoms with E-state index in [-0.39, 0.29) is 5.97 Å². The molecule has 0 aromatic carbocycles. The van der Waals surface area contributed by atoms with E-state index in [0.29, 0.717) is 10.6 Å². The summed E-state index contributed by atoms with van der Waals surface area (Å²) >= 11 is 2.92. The average Bonchev–Trinajstić information content (AvgIpc) is 2.79. The highest BCUT2D eigenvalue weighted by molar-refractivity contribution is 7.17. The van der Waals surface area contributed by atoms with Crippen molar-refractivity contribution < 1.29 is 9.53 Å². The van der Waals surface area contributed by atoms with Gasteiger partial charge in [0.2, 0.25) is 0 Å². The zero-order chi connectivity index (χ0) is 15.1. The van der Waals surface area contributed by atoms with E-state index in [1.807, 2.05) is 40.0 Å². The highest BCUT2D eigenvalue weighted by atomic mass is 32.1. The number of esters is 1. The Balaban J connectivity index is 2.48. The molecule has 108 valence electrons. The molecule has 0 radical (unpaired) electrons. The lowest BCUT2D eigenvalue weighted by atomic mass is 10.1. The molecule has 2 N–H and O–H groups in total. The molecule has 0 atom stereocenters. The highest BCUT2D eigenvalue weighted by Crippen LogP contribution is 2.39. The van der Waals surface area contributed by atoms with Gasteiger partial charge in [-0.15, -0.1) is 22.7 Å². The molecule has 0 amide bonds. The average molecular weight is 310 g/mol. The van der Waals surface area contributed by atoms with E-state index in [4.69, 9.17) is 10.5 Å². The predicted octanol–water partition coefficient (Wildman–Crippen LogP) is 4.03. The summed E-state index contributed by atoms with van der Waals surface area (Å²) in [5.74, 6) is -0.378. The van der Waals surface area contributed by atoms with Crippen LogP contribution in [0.2, 0.25) is 0 Å². The van der Waals surface area contributed by atoms with Crippen LogP contribution >= 0.6 is 22.7 Å². The lowest BCUT2D eigenvalue weighted by molar-refractivity contribution is 0.00722. The van der Waals surface area contributed by atoms with E-state index in [1.54, 1.807) is 11.3 Å². The van der Waals surface area contributed by atoms with Crippen molar-refractivity contribution in [2.24, 2.45) is 0 Å². The Morgan fingerprint density at radius 2 is 2.00 bits per heavy atom. The molecular weight excluding hydrogens is 292 g/mol. The fourth-order valence-electron chi connectivity index (χ4n) is 1.86. The van der Waals surface area contributed by atoms with Crippen molar-refractivity contribution in [3.8, 4) is 10.4 Å². The molecule has 0 aliphatic rings. The number of hydrogen-bond donors (Lipinski definition) is 1. The first-order chi connectivity index (χ1) is 9.19. The summed E-state index contributed by atoms with van der Waals surface area (Å²) < 4.78 is 5.44. The Bertz CT molecular complexity index is 651. The van der Waals surface area contributed by atoms with Crippen molar-refractivity contribution in [1.29, 1.82) is 0 Å². The molecule has 0 saturated heterocycles. The van der Waals surface area contributed by atoms with Gasteiger partial charge in [-0.1, -0.05) is 0 Å². The van der Waals surface area contributed by atoms with Gasteiger partial charge >= 0.3 is 5.97 Å². The van der Waals surface area contributed by atoms with Gasteiger partial charge in [-0.3, -0.25) is 0 Å². The van der Waals surface area contributed by atoms with Crippen molar-refractivity contribution in [2.75, 3.05) is 5.73 Å². The van der Waals surface area contributed by atoms with Crippen molar-refractivity contribution >= 4 is 33.6 Å². The second kappa shape index (κ2) is 5.18. The number of nitrogens with zero attached hydrogens (tertiary/aromatic N) is 1. The fraction of sp³-hybridized carbons (Fsp3) is 0.429. The maximum atomic E-state index is 12.3. The maximum Gasteiger partial charge on any atom is 0.342 e. The Morgan fingerprint density at radius 3 is 2.50 bits per heavy atom. The molecule has 6 heteroatoms. The van der Waals surface area contributed by atoms with Gasteiger partial charge in [0.15, 0.2) is 0 Å². The number of anilines is 1. The van der Waals surface area contributed by atoms with Gasteiger partial charge in [-0.05, 0) is 34.6 Å². The monoisotopic (exact) mass is 310 g/mol. The van der Waals surface area contributed by atoms with Gasteiger partial charge in [0.05, 0.1) is 15.6 Å². The van der Waals surface area contributed by atoms with Gasteiger partial charge in [-0.25, -0.2) is 9.78 Å². The minimum absolute atomic E-state index is 0.378. The van der Waals surface area contributed by atoms with Crippen LogP contribution < -0.4 is 5.73 Å². The van der Waals surface area contributed by atoms with E-state index < -0.39 is 5.60 Å². The van der Waals surface area contributed by atoms with Crippen LogP contribution in [-0.2, 0) is 4.74 Å². The smallest absolute Gasteiger partial charge is 0.342 e. The molecule has 0 unspecified atom stereocenters. The lowest BCUT2D eigenvalue weighted by Crippen LogP contribution is -2.24. The van der Waals surface area contributed by atoms with Gasteiger partial charge in [-0.2, -0.15) is 0 Å². The Morgan fingerprint density at radius 1 is 1.35 bits per heavy atom. The molecule has 0 fully saturated rings. The van der Waals surface area contributed by atoms with Crippen LogP contribution in [0.25, 0.3) is 10.4 Å². The number of thiophene rings is 1. The van der Waals surface area contributed by atoms with Crippen molar-refractivity contribution in [3.05, 3.63) is 21.6 Å². The number of ether oxygens (including phenoxy) is 1. The third-order valence-electron chi connectivity index (χ3n) is 2.57. The van der Waals surface area contributed by atoms with Crippen LogP contribution in [0.5, 0.6) is 0 Å². The molecule has 0 aliphatic carbocycles. The summed E-state index contributed by atoms with van der Waals surface area (Å²) in [7, 11) is 0. The number of aromatic nitrogens is 1. The normalized spacial score (nSPS) is 11.7. The number of nitrogen functional groups attached to an aromatic ring is 1. The number of carbonyl (C=O) groups excluding carboxylic acids is 1. The van der Waals surface area contributed by atoms with Gasteiger partial charge in [0.25, 0.3) is 0 Å². The van der Waals surface area contributed by atoms with Gasteiger partial charge in [0, 0.05) is 10.9 Å². The minimum atomic E-state index is -0.540. The number of rotatable bonds is 2. The molecular formula is C14H18N2O2S2. The molecule has 2 aromatic rings. The first-order valence-corrected chi connectivity index (χ1v) is 7.93. The zero-order valence-electron chi connectivity index (χ0n) is 12.2. The van der Waals surface area contributed by atoms with E-state index in [2.05, 4.69) is 4.98 Å². The summed E-state index contributed by atoms with van der Waals surface area (Å²) in [4.78, 5) is 17.7. The second-order valence-corrected chi connectivity index (χ2v) is 7.65. The molecule has 0 aliphatic heterocycles. The largest absolute Gasteiger partial charge is 0.456 e. The van der Waals surface area contributed by atoms with E-state index in [1.165, 1.54) is 11.3 Å². The van der Waals surface area contributed by atoms with Crippen LogP contribution in [0.1, 0.15) is 41.8 Å². The quantitative estimate of drug-likeness (QED) is 0.851. The predicted molar refractivity (Wildman–Crippen MR) is 84.5 cm³/mol. The zero-order valence-corrected chi connectivity index (χ0v) is 13.9. The molecule has 20 heavy (non-hydrogen) atoms. The Hall–Kier alpha value is -1.40. The maximum absolute atomic E-state index is 12.3. The van der Waals surface area contributed by atoms with Crippen LogP contribution in [0, 0.1) is 13.8 Å². The van der Waals surface area contributed by atoms with Crippen molar-refractivity contribution in [3.63, 3.8) is 0 Å². The highest BCUT2D eigenvalue weighted by Gasteiger charge is 2.26. The van der Waals surface area contributed by atoms with Crippen LogP contribution in [0.4, 0.5) is 5.00 Å². The Labute approximate surface area is 126 Å². The molecule has 2 rings (SSSR count). The van der Waals surface area contributed by atoms with Crippen LogP contribution in [0.3, 0.4) is 0 Å². The molecule has 0 saturated carbocycles. The SMILES string of the molecule is Cc1nc(C)c(-c2csc(N)c2C(=O)OC(C)(C)C)s1. The summed E-state index contributed by atoms with van der Waals surface area (Å²) in [6, 6.07) is 0. The number of thiazole rings is 1. The van der Waals surface area contributed by atoms with Gasteiger partial charge < -0.3 is 10.5 Å². The summed E-state index contributed by atoms with van der Waals surface area (Å²) in [5, 5.41) is 3.35. The number of carbonyl (C=O) groups is 1. The first-order valence-electron chi connectivity index (χ1n) is 6.24. The Kier molecular flexibility index (Phi) is 3.88.